The molecule has 0 aromatic carbocycles. The van der Waals surface area contributed by atoms with Gasteiger partial charge in [0.15, 0.2) is 33.3 Å². The van der Waals surface area contributed by atoms with Gasteiger partial charge in [-0.25, -0.2) is 0 Å². The summed E-state index contributed by atoms with van der Waals surface area (Å²) in [6.45, 7) is 32.3. The molecular weight excluding hydrogens is 559 g/mol. The zero-order valence-electron chi connectivity index (χ0n) is 25.8. The predicted octanol–water partition coefficient (Wildman–Crippen LogP) is 6.22. The average molecular weight is 616 g/mol. The van der Waals surface area contributed by atoms with Crippen LogP contribution in [0.5, 0.6) is 0 Å². The Morgan fingerprint density at radius 2 is 0.889 bits per heavy atom. The van der Waals surface area contributed by atoms with Crippen LogP contribution in [0.1, 0.15) is 12.8 Å². The maximum Gasteiger partial charge on any atom is 0.314 e. The summed E-state index contributed by atoms with van der Waals surface area (Å²) in [7, 11) is -10.7. The van der Waals surface area contributed by atoms with Crippen molar-refractivity contribution in [3.63, 3.8) is 0 Å². The van der Waals surface area contributed by atoms with Crippen LogP contribution in [0, 0.1) is 0 Å². The van der Waals surface area contributed by atoms with Crippen LogP contribution in [-0.2, 0) is 30.8 Å². The molecule has 216 valence electrons. The van der Waals surface area contributed by atoms with E-state index in [1.807, 2.05) is 0 Å². The fourth-order valence-corrected chi connectivity index (χ4v) is 29.0. The van der Waals surface area contributed by atoms with Crippen molar-refractivity contribution in [1.29, 1.82) is 0 Å². The van der Waals surface area contributed by atoms with Gasteiger partial charge in [0, 0.05) is 6.54 Å². The summed E-state index contributed by atoms with van der Waals surface area (Å²) in [5.74, 6) is 0. The van der Waals surface area contributed by atoms with Crippen LogP contribution in [0.2, 0.25) is 104 Å². The molecule has 0 saturated carbocycles. The molecule has 0 saturated heterocycles. The molecule has 14 heteroatoms. The summed E-state index contributed by atoms with van der Waals surface area (Å²) in [5.41, 5.74) is 0. The third kappa shape index (κ3) is 25.7. The Kier molecular flexibility index (Phi) is 17.3. The Morgan fingerprint density at radius 3 is 1.17 bits per heavy atom. The fraction of sp³-hybridized carbons (Fsp3) is 0.909. The van der Waals surface area contributed by atoms with Crippen molar-refractivity contribution in [2.45, 2.75) is 117 Å². The second kappa shape index (κ2) is 16.2. The Labute approximate surface area is 228 Å². The van der Waals surface area contributed by atoms with E-state index in [0.717, 1.165) is 31.3 Å². The van der Waals surface area contributed by atoms with Crippen molar-refractivity contribution in [1.82, 2.24) is 5.32 Å². The number of carbonyl (C=O) groups is 2. The van der Waals surface area contributed by atoms with Gasteiger partial charge in [-0.1, -0.05) is 0 Å². The van der Waals surface area contributed by atoms with Crippen molar-refractivity contribution >= 4 is 63.3 Å². The molecule has 0 aliphatic heterocycles. The van der Waals surface area contributed by atoms with E-state index in [1.165, 1.54) is 0 Å². The number of ether oxygens (including phenoxy) is 1. The largest absolute Gasteiger partial charge is 0.468 e. The summed E-state index contributed by atoms with van der Waals surface area (Å²) >= 11 is 0. The van der Waals surface area contributed by atoms with Gasteiger partial charge in [0.1, 0.15) is 0 Å². The molecule has 0 bridgehead atoms. The van der Waals surface area contributed by atoms with Crippen LogP contribution in [0.4, 0.5) is 0 Å². The maximum absolute atomic E-state index is 10.2. The first-order chi connectivity index (χ1) is 15.9. The Bertz CT molecular complexity index is 542. The van der Waals surface area contributed by atoms with Gasteiger partial charge in [-0.3, -0.25) is 9.59 Å². The lowest BCUT2D eigenvalue weighted by atomic mass is 10.5. The summed E-state index contributed by atoms with van der Waals surface area (Å²) in [6.07, 6.45) is 2.49. The molecule has 0 heterocycles. The molecule has 8 nitrogen and oxygen atoms in total. The van der Waals surface area contributed by atoms with E-state index < -0.39 is 50.4 Å². The van der Waals surface area contributed by atoms with E-state index in [2.05, 4.69) is 97.0 Å². The quantitative estimate of drug-likeness (QED) is 0.111. The first-order valence-electron chi connectivity index (χ1n) is 13.0. The van der Waals surface area contributed by atoms with Gasteiger partial charge in [-0.15, -0.1) is 0 Å². The van der Waals surface area contributed by atoms with E-state index in [4.69, 9.17) is 21.2 Å². The van der Waals surface area contributed by atoms with E-state index in [1.54, 1.807) is 0 Å². The number of hydrogen-bond acceptors (Lipinski definition) is 7. The predicted molar refractivity (Wildman–Crippen MR) is 166 cm³/mol. The van der Waals surface area contributed by atoms with E-state index in [9.17, 15) is 9.59 Å². The zero-order valence-corrected chi connectivity index (χ0v) is 31.8. The summed E-state index contributed by atoms with van der Waals surface area (Å²) in [5, 5.41) is 2.70. The van der Waals surface area contributed by atoms with Gasteiger partial charge in [-0.2, -0.15) is 0 Å². The zero-order chi connectivity index (χ0) is 28.9. The summed E-state index contributed by atoms with van der Waals surface area (Å²) in [6, 6.07) is 1.83. The molecule has 0 unspecified atom stereocenters. The maximum atomic E-state index is 10.2. The number of nitrogens with one attached hydrogen (secondary N) is 1. The number of carbonyl (C=O) groups excluding carboxylic acids is 2. The molecule has 36 heavy (non-hydrogen) atoms. The van der Waals surface area contributed by atoms with Crippen molar-refractivity contribution in [2.75, 3.05) is 13.2 Å². The second-order valence-corrected chi connectivity index (χ2v) is 39.1. The minimum absolute atomic E-state index is 0.455. The lowest BCUT2D eigenvalue weighted by Crippen LogP contribution is -2.52. The molecule has 0 aliphatic rings. The lowest BCUT2D eigenvalue weighted by Gasteiger charge is -2.38. The number of hydrogen-bond donors (Lipinski definition) is 1. The highest BCUT2D eigenvalue weighted by atomic mass is 28.5. The highest BCUT2D eigenvalue weighted by Crippen LogP contribution is 2.26. The highest BCUT2D eigenvalue weighted by Gasteiger charge is 2.40. The van der Waals surface area contributed by atoms with E-state index in [0.29, 0.717) is 19.6 Å². The SMILES string of the molecule is C[Si](C)(C)O[Si](C)(CCCNC=O)O[Si](C)(C)C.C[Si](C)(C)O[Si](C)(CCCOC=O)O[Si](C)(C)C. The fourth-order valence-electron chi connectivity index (χ4n) is 3.93. The minimum Gasteiger partial charge on any atom is -0.468 e. The van der Waals surface area contributed by atoms with Gasteiger partial charge >= 0.3 is 17.1 Å². The van der Waals surface area contributed by atoms with Crippen LogP contribution < -0.4 is 5.32 Å². The number of rotatable bonds is 18. The first-order valence-corrected chi connectivity index (χ1v) is 31.7. The van der Waals surface area contributed by atoms with Crippen LogP contribution >= 0.6 is 0 Å². The molecule has 0 radical (unpaired) electrons. The van der Waals surface area contributed by atoms with Crippen LogP contribution in [0.15, 0.2) is 0 Å². The van der Waals surface area contributed by atoms with Crippen LogP contribution in [0.3, 0.4) is 0 Å². The molecule has 0 fully saturated rings. The Balaban J connectivity index is 0. The molecule has 0 atom stereocenters. The third-order valence-corrected chi connectivity index (χ3v) is 23.3. The lowest BCUT2D eigenvalue weighted by molar-refractivity contribution is -0.128. The van der Waals surface area contributed by atoms with E-state index in [-0.39, 0.29) is 0 Å². The van der Waals surface area contributed by atoms with Crippen LogP contribution in [-0.4, -0.2) is 76.4 Å². The topological polar surface area (TPSA) is 92.3 Å². The van der Waals surface area contributed by atoms with Crippen molar-refractivity contribution in [3.8, 4) is 0 Å². The molecular formula is C22H57NO7Si6. The molecule has 1 N–H and O–H groups in total. The molecule has 1 amide bonds. The molecule has 0 rings (SSSR count). The average Bonchev–Trinajstić information content (AvgIpc) is 2.56. The van der Waals surface area contributed by atoms with Crippen molar-refractivity contribution in [2.24, 2.45) is 0 Å². The van der Waals surface area contributed by atoms with Gasteiger partial charge < -0.3 is 26.5 Å². The van der Waals surface area contributed by atoms with Gasteiger partial charge in [-0.05, 0) is 117 Å². The number of amides is 1. The minimum atomic E-state index is -2.14. The molecule has 0 aromatic rings. The standard InChI is InChI=1S/C11H29NO3Si3.C11H28O4Si3/c1-16(2,3)14-18(7,15-17(4,5)6)10-8-9-12-11-13;1-16(2,3)14-18(7,15-17(4,5)6)10-8-9-13-11-12/h11H,8-10H2,1-7H3,(H,12,13);11H,8-10H2,1-7H3. The molecule has 0 aromatic heterocycles. The molecule has 0 spiro atoms. The Hall–Kier alpha value is 0.0813. The van der Waals surface area contributed by atoms with Gasteiger partial charge in [0.2, 0.25) is 6.41 Å². The van der Waals surface area contributed by atoms with Gasteiger partial charge in [0.05, 0.1) is 6.61 Å². The molecule has 0 aliphatic carbocycles. The first kappa shape index (κ1) is 38.2. The second-order valence-electron chi connectivity index (χ2n) is 13.4. The Morgan fingerprint density at radius 1 is 0.556 bits per heavy atom. The van der Waals surface area contributed by atoms with Gasteiger partial charge in [0.25, 0.3) is 6.47 Å². The summed E-state index contributed by atoms with van der Waals surface area (Å²) in [4.78, 5) is 20.4. The van der Waals surface area contributed by atoms with Crippen molar-refractivity contribution in [3.05, 3.63) is 0 Å². The van der Waals surface area contributed by atoms with Crippen LogP contribution in [0.25, 0.3) is 0 Å². The highest BCUT2D eigenvalue weighted by molar-refractivity contribution is 6.88. The van der Waals surface area contributed by atoms with Crippen molar-refractivity contribution < 1.29 is 30.8 Å². The normalized spacial score (nSPS) is 13.5. The van der Waals surface area contributed by atoms with E-state index >= 15 is 0 Å². The smallest absolute Gasteiger partial charge is 0.314 e. The summed E-state index contributed by atoms with van der Waals surface area (Å²) < 4.78 is 30.1. The monoisotopic (exact) mass is 615 g/mol. The third-order valence-electron chi connectivity index (χ3n) is 4.08.